The maximum Gasteiger partial charge on any atom is 0.00390 e. The molecule has 0 radical (unpaired) electrons. The normalized spacial score (nSPS) is 34.5. The van der Waals surface area contributed by atoms with Gasteiger partial charge in [-0.15, -0.1) is 0 Å². The summed E-state index contributed by atoms with van der Waals surface area (Å²) in [6.07, 6.45) is 16.1. The lowest BCUT2D eigenvalue weighted by atomic mass is 9.78. The third-order valence-corrected chi connectivity index (χ3v) is 6.49. The smallest absolute Gasteiger partial charge is 0.00390 e. The molecule has 0 saturated heterocycles. The molecule has 0 aliphatic heterocycles. The lowest BCUT2D eigenvalue weighted by Gasteiger charge is -2.29. The van der Waals surface area contributed by atoms with Crippen LogP contribution in [0.15, 0.2) is 0 Å². The van der Waals surface area contributed by atoms with E-state index in [-0.39, 0.29) is 0 Å². The van der Waals surface area contributed by atoms with Crippen molar-refractivity contribution in [3.8, 4) is 0 Å². The van der Waals surface area contributed by atoms with E-state index in [9.17, 15) is 0 Å². The fourth-order valence-corrected chi connectivity index (χ4v) is 4.56. The second kappa shape index (κ2) is 9.89. The van der Waals surface area contributed by atoms with E-state index >= 15 is 0 Å². The summed E-state index contributed by atoms with van der Waals surface area (Å²) in [6, 6.07) is 0.430. The average molecular weight is 310 g/mol. The first-order chi connectivity index (χ1) is 10.7. The molecule has 2 rings (SSSR count). The van der Waals surface area contributed by atoms with Gasteiger partial charge in [0.15, 0.2) is 0 Å². The van der Waals surface area contributed by atoms with E-state index in [0.29, 0.717) is 6.04 Å². The second-order valence-electron chi connectivity index (χ2n) is 8.16. The standard InChI is InChI=1S/C19H39N3/c20-13-17-5-1-15(2-6-17)9-11-19(22)12-10-16-3-7-18(14-21)8-4-16/h15-19H,1-14,20-22H2. The first-order valence-corrected chi connectivity index (χ1v) is 9.87. The lowest BCUT2D eigenvalue weighted by Crippen LogP contribution is -2.26. The van der Waals surface area contributed by atoms with E-state index in [1.807, 2.05) is 0 Å². The molecule has 2 saturated carbocycles. The molecule has 0 aromatic carbocycles. The highest BCUT2D eigenvalue weighted by Gasteiger charge is 2.22. The summed E-state index contributed by atoms with van der Waals surface area (Å²) < 4.78 is 0. The maximum absolute atomic E-state index is 6.37. The second-order valence-corrected chi connectivity index (χ2v) is 8.16. The molecule has 0 spiro atoms. The van der Waals surface area contributed by atoms with Crippen molar-refractivity contribution >= 4 is 0 Å². The van der Waals surface area contributed by atoms with E-state index in [1.54, 1.807) is 0 Å². The van der Waals surface area contributed by atoms with Gasteiger partial charge in [0, 0.05) is 6.04 Å². The zero-order valence-corrected chi connectivity index (χ0v) is 14.5. The van der Waals surface area contributed by atoms with Crippen LogP contribution in [0.1, 0.15) is 77.0 Å². The van der Waals surface area contributed by atoms with Crippen LogP contribution in [0.4, 0.5) is 0 Å². The predicted molar refractivity (Wildman–Crippen MR) is 95.4 cm³/mol. The monoisotopic (exact) mass is 309 g/mol. The zero-order chi connectivity index (χ0) is 15.8. The molecule has 2 fully saturated rings. The van der Waals surface area contributed by atoms with Gasteiger partial charge in [-0.1, -0.05) is 25.7 Å². The van der Waals surface area contributed by atoms with E-state index in [0.717, 1.165) is 36.8 Å². The Morgan fingerprint density at radius 1 is 0.591 bits per heavy atom. The van der Waals surface area contributed by atoms with Gasteiger partial charge in [-0.05, 0) is 88.1 Å². The number of hydrogen-bond acceptors (Lipinski definition) is 3. The Hall–Kier alpha value is -0.120. The van der Waals surface area contributed by atoms with Crippen molar-refractivity contribution in [3.05, 3.63) is 0 Å². The third kappa shape index (κ3) is 6.17. The largest absolute Gasteiger partial charge is 0.330 e. The third-order valence-electron chi connectivity index (χ3n) is 6.49. The van der Waals surface area contributed by atoms with E-state index in [1.165, 1.54) is 77.0 Å². The van der Waals surface area contributed by atoms with Crippen molar-refractivity contribution in [2.45, 2.75) is 83.1 Å². The molecule has 2 aliphatic carbocycles. The number of hydrogen-bond donors (Lipinski definition) is 3. The molecule has 130 valence electrons. The van der Waals surface area contributed by atoms with Crippen LogP contribution in [0.25, 0.3) is 0 Å². The summed E-state index contributed by atoms with van der Waals surface area (Å²) in [5.74, 6) is 3.45. The molecule has 22 heavy (non-hydrogen) atoms. The van der Waals surface area contributed by atoms with Crippen LogP contribution < -0.4 is 17.2 Å². The van der Waals surface area contributed by atoms with Crippen molar-refractivity contribution in [2.24, 2.45) is 40.9 Å². The molecular weight excluding hydrogens is 270 g/mol. The molecule has 0 unspecified atom stereocenters. The zero-order valence-electron chi connectivity index (χ0n) is 14.5. The van der Waals surface area contributed by atoms with Gasteiger partial charge in [0.25, 0.3) is 0 Å². The Labute approximate surface area is 137 Å². The van der Waals surface area contributed by atoms with Crippen LogP contribution in [0.5, 0.6) is 0 Å². The van der Waals surface area contributed by atoms with E-state index in [4.69, 9.17) is 17.2 Å². The molecule has 3 heteroatoms. The van der Waals surface area contributed by atoms with Gasteiger partial charge in [0.05, 0.1) is 0 Å². The molecule has 0 amide bonds. The first kappa shape index (κ1) is 18.2. The van der Waals surface area contributed by atoms with Crippen molar-refractivity contribution in [1.29, 1.82) is 0 Å². The minimum atomic E-state index is 0.430. The van der Waals surface area contributed by atoms with Crippen LogP contribution >= 0.6 is 0 Å². The molecule has 2 aliphatic rings. The van der Waals surface area contributed by atoms with E-state index < -0.39 is 0 Å². The van der Waals surface area contributed by atoms with Gasteiger partial charge in [-0.2, -0.15) is 0 Å². The molecule has 0 aromatic rings. The Balaban J connectivity index is 1.52. The minimum absolute atomic E-state index is 0.430. The maximum atomic E-state index is 6.37. The molecule has 0 atom stereocenters. The first-order valence-electron chi connectivity index (χ1n) is 9.87. The summed E-state index contributed by atoms with van der Waals surface area (Å²) in [6.45, 7) is 1.78. The van der Waals surface area contributed by atoms with Crippen LogP contribution in [0, 0.1) is 23.7 Å². The molecule has 0 bridgehead atoms. The number of nitrogens with two attached hydrogens (primary N) is 3. The highest BCUT2D eigenvalue weighted by molar-refractivity contribution is 4.77. The Morgan fingerprint density at radius 2 is 0.909 bits per heavy atom. The molecule has 3 nitrogen and oxygen atoms in total. The quantitative estimate of drug-likeness (QED) is 0.643. The van der Waals surface area contributed by atoms with Gasteiger partial charge in [0.2, 0.25) is 0 Å². The fourth-order valence-electron chi connectivity index (χ4n) is 4.56. The SMILES string of the molecule is NCC1CCC(CCC(N)CCC2CCC(CN)CC2)CC1. The highest BCUT2D eigenvalue weighted by Crippen LogP contribution is 2.33. The van der Waals surface area contributed by atoms with Gasteiger partial charge >= 0.3 is 0 Å². The Bertz CT molecular complexity index is 250. The predicted octanol–water partition coefficient (Wildman–Crippen LogP) is 3.40. The Kier molecular flexibility index (Phi) is 8.19. The summed E-state index contributed by atoms with van der Waals surface area (Å²) in [5, 5.41) is 0. The van der Waals surface area contributed by atoms with Gasteiger partial charge < -0.3 is 17.2 Å². The van der Waals surface area contributed by atoms with Crippen molar-refractivity contribution < 1.29 is 0 Å². The fraction of sp³-hybridized carbons (Fsp3) is 1.00. The molecule has 6 N–H and O–H groups in total. The molecule has 0 heterocycles. The van der Waals surface area contributed by atoms with Crippen molar-refractivity contribution in [2.75, 3.05) is 13.1 Å². The van der Waals surface area contributed by atoms with Crippen LogP contribution in [-0.2, 0) is 0 Å². The topological polar surface area (TPSA) is 78.1 Å². The number of rotatable bonds is 8. The van der Waals surface area contributed by atoms with Gasteiger partial charge in [0.1, 0.15) is 0 Å². The summed E-state index contributed by atoms with van der Waals surface area (Å²) >= 11 is 0. The summed E-state index contributed by atoms with van der Waals surface area (Å²) in [7, 11) is 0. The summed E-state index contributed by atoms with van der Waals surface area (Å²) in [4.78, 5) is 0. The summed E-state index contributed by atoms with van der Waals surface area (Å²) in [5.41, 5.74) is 17.9. The van der Waals surface area contributed by atoms with Crippen LogP contribution in [0.3, 0.4) is 0 Å². The van der Waals surface area contributed by atoms with Gasteiger partial charge in [-0.25, -0.2) is 0 Å². The minimum Gasteiger partial charge on any atom is -0.330 e. The highest BCUT2D eigenvalue weighted by atomic mass is 14.6. The van der Waals surface area contributed by atoms with Crippen LogP contribution in [-0.4, -0.2) is 19.1 Å². The van der Waals surface area contributed by atoms with Crippen LogP contribution in [0.2, 0.25) is 0 Å². The van der Waals surface area contributed by atoms with E-state index in [2.05, 4.69) is 0 Å². The lowest BCUT2D eigenvalue weighted by molar-refractivity contribution is 0.246. The van der Waals surface area contributed by atoms with Gasteiger partial charge in [-0.3, -0.25) is 0 Å². The van der Waals surface area contributed by atoms with Crippen molar-refractivity contribution in [1.82, 2.24) is 0 Å². The molecule has 0 aromatic heterocycles. The Morgan fingerprint density at radius 3 is 1.23 bits per heavy atom. The van der Waals surface area contributed by atoms with Crippen molar-refractivity contribution in [3.63, 3.8) is 0 Å². The molecular formula is C19H39N3. The average Bonchev–Trinajstić information content (AvgIpc) is 2.59.